The Morgan fingerprint density at radius 1 is 1.00 bits per heavy atom. The summed E-state index contributed by atoms with van der Waals surface area (Å²) in [6.45, 7) is 1.07. The second-order valence-electron chi connectivity index (χ2n) is 8.00. The van der Waals surface area contributed by atoms with E-state index in [1.54, 1.807) is 36.7 Å². The fraction of sp³-hybridized carbons (Fsp3) is 0.185. The number of benzene rings is 3. The molecule has 3 aromatic carbocycles. The fourth-order valence-electron chi connectivity index (χ4n) is 3.91. The molecule has 0 fully saturated rings. The van der Waals surface area contributed by atoms with Crippen LogP contribution in [0.3, 0.4) is 0 Å². The molecule has 0 amide bonds. The van der Waals surface area contributed by atoms with Gasteiger partial charge in [-0.05, 0) is 59.0 Å². The van der Waals surface area contributed by atoms with Crippen molar-refractivity contribution in [1.82, 2.24) is 15.3 Å². The van der Waals surface area contributed by atoms with E-state index in [2.05, 4.69) is 15.3 Å². The minimum Gasteiger partial charge on any atom is -0.465 e. The van der Waals surface area contributed by atoms with Crippen molar-refractivity contribution in [2.75, 3.05) is 13.7 Å². The van der Waals surface area contributed by atoms with Crippen molar-refractivity contribution in [1.29, 1.82) is 0 Å². The molecule has 1 aromatic heterocycles. The van der Waals surface area contributed by atoms with Crippen LogP contribution >= 0.6 is 0 Å². The average molecular weight is 462 g/mol. The predicted molar refractivity (Wildman–Crippen MR) is 126 cm³/mol. The number of halogens is 2. The maximum atomic E-state index is 13.4. The monoisotopic (exact) mass is 461 g/mol. The van der Waals surface area contributed by atoms with Gasteiger partial charge in [0.1, 0.15) is 17.5 Å². The molecule has 7 heteroatoms. The van der Waals surface area contributed by atoms with E-state index >= 15 is 0 Å². The van der Waals surface area contributed by atoms with Crippen molar-refractivity contribution in [3.8, 4) is 0 Å². The molecule has 34 heavy (non-hydrogen) atoms. The number of ether oxygens (including phenoxy) is 1. The summed E-state index contributed by atoms with van der Waals surface area (Å²) < 4.78 is 31.6. The minimum absolute atomic E-state index is 0.0894. The topological polar surface area (TPSA) is 67.0 Å². The first-order chi connectivity index (χ1) is 16.5. The summed E-state index contributed by atoms with van der Waals surface area (Å²) in [5.74, 6) is -0.311. The van der Waals surface area contributed by atoms with E-state index in [4.69, 9.17) is 4.74 Å². The third kappa shape index (κ3) is 5.74. The van der Waals surface area contributed by atoms with Gasteiger partial charge in [0.2, 0.25) is 0 Å². The smallest absolute Gasteiger partial charge is 0.338 e. The number of H-pyrrole nitrogens is 1. The van der Waals surface area contributed by atoms with Crippen LogP contribution in [0.2, 0.25) is 0 Å². The molecule has 1 heterocycles. The summed E-state index contributed by atoms with van der Waals surface area (Å²) in [6.07, 6.45) is 3.94. The van der Waals surface area contributed by atoms with Crippen molar-refractivity contribution in [2.45, 2.75) is 18.9 Å². The standard InChI is InChI=1S/C27H25F2N3O2/c1-34-27(33)24-15-19(2-5-21(24)14-18-3-8-22(28)9-4-18)16-30-17-25(26-31-12-13-32-26)20-6-10-23(29)11-7-20/h2-13,15,25,30H,14,16-17H2,1H3,(H,31,32). The maximum Gasteiger partial charge on any atom is 0.338 e. The average Bonchev–Trinajstić information content (AvgIpc) is 3.39. The van der Waals surface area contributed by atoms with Gasteiger partial charge in [-0.25, -0.2) is 18.6 Å². The highest BCUT2D eigenvalue weighted by Crippen LogP contribution is 2.22. The summed E-state index contributed by atoms with van der Waals surface area (Å²) in [4.78, 5) is 19.9. The Balaban J connectivity index is 1.48. The van der Waals surface area contributed by atoms with E-state index in [-0.39, 0.29) is 17.6 Å². The van der Waals surface area contributed by atoms with Crippen LogP contribution in [-0.4, -0.2) is 29.6 Å². The summed E-state index contributed by atoms with van der Waals surface area (Å²) in [5, 5.41) is 3.42. The van der Waals surface area contributed by atoms with Crippen LogP contribution in [0, 0.1) is 11.6 Å². The van der Waals surface area contributed by atoms with Gasteiger partial charge >= 0.3 is 5.97 Å². The van der Waals surface area contributed by atoms with Gasteiger partial charge in [0.15, 0.2) is 0 Å². The molecule has 0 radical (unpaired) electrons. The van der Waals surface area contributed by atoms with Crippen LogP contribution in [0.25, 0.3) is 0 Å². The number of nitrogens with one attached hydrogen (secondary N) is 2. The normalized spacial score (nSPS) is 11.9. The molecule has 5 nitrogen and oxygen atoms in total. The lowest BCUT2D eigenvalue weighted by molar-refractivity contribution is 0.0599. The zero-order valence-corrected chi connectivity index (χ0v) is 18.7. The highest BCUT2D eigenvalue weighted by molar-refractivity contribution is 5.91. The SMILES string of the molecule is COC(=O)c1cc(CNCC(c2ccc(F)cc2)c2ncc[nH]2)ccc1Cc1ccc(F)cc1. The number of hydrogen-bond acceptors (Lipinski definition) is 4. The Bertz CT molecular complexity index is 1220. The number of hydrogen-bond donors (Lipinski definition) is 2. The Kier molecular flexibility index (Phi) is 7.44. The molecule has 1 atom stereocenters. The van der Waals surface area contributed by atoms with Crippen LogP contribution in [0.1, 0.15) is 44.4 Å². The summed E-state index contributed by atoms with van der Waals surface area (Å²) >= 11 is 0. The molecule has 0 aliphatic rings. The van der Waals surface area contributed by atoms with Gasteiger partial charge in [0.05, 0.1) is 18.6 Å². The van der Waals surface area contributed by atoms with E-state index in [1.165, 1.54) is 31.4 Å². The molecule has 0 saturated carbocycles. The first-order valence-corrected chi connectivity index (χ1v) is 10.9. The first-order valence-electron chi connectivity index (χ1n) is 10.9. The second kappa shape index (κ2) is 10.9. The minimum atomic E-state index is -0.418. The van der Waals surface area contributed by atoms with Gasteiger partial charge in [-0.3, -0.25) is 0 Å². The zero-order valence-electron chi connectivity index (χ0n) is 18.7. The number of imidazole rings is 1. The van der Waals surface area contributed by atoms with Gasteiger partial charge in [0.25, 0.3) is 0 Å². The Hall–Kier alpha value is -3.84. The van der Waals surface area contributed by atoms with E-state index in [0.29, 0.717) is 25.1 Å². The Morgan fingerprint density at radius 3 is 2.32 bits per heavy atom. The molecule has 1 unspecified atom stereocenters. The molecule has 174 valence electrons. The lowest BCUT2D eigenvalue weighted by atomic mass is 9.96. The van der Waals surface area contributed by atoms with Crippen molar-refractivity contribution >= 4 is 5.97 Å². The van der Waals surface area contributed by atoms with Gasteiger partial charge in [-0.15, -0.1) is 0 Å². The van der Waals surface area contributed by atoms with Crippen LogP contribution in [0.15, 0.2) is 79.1 Å². The molecule has 2 N–H and O–H groups in total. The van der Waals surface area contributed by atoms with Gasteiger partial charge in [0, 0.05) is 25.5 Å². The first kappa shape index (κ1) is 23.3. The number of aromatic nitrogens is 2. The lowest BCUT2D eigenvalue weighted by Crippen LogP contribution is -2.23. The number of carbonyl (C=O) groups excluding carboxylic acids is 1. The van der Waals surface area contributed by atoms with Gasteiger partial charge < -0.3 is 15.0 Å². The fourth-order valence-corrected chi connectivity index (χ4v) is 3.91. The summed E-state index contributed by atoms with van der Waals surface area (Å²) in [5.41, 5.74) is 4.04. The second-order valence-corrected chi connectivity index (χ2v) is 8.00. The number of esters is 1. The van der Waals surface area contributed by atoms with Crippen molar-refractivity contribution < 1.29 is 18.3 Å². The third-order valence-electron chi connectivity index (χ3n) is 5.69. The predicted octanol–water partition coefficient (Wildman–Crippen LogP) is 4.99. The molecule has 4 rings (SSSR count). The number of nitrogens with zero attached hydrogens (tertiary/aromatic N) is 1. The van der Waals surface area contributed by atoms with Crippen LogP contribution in [-0.2, 0) is 17.7 Å². The summed E-state index contributed by atoms with van der Waals surface area (Å²) in [7, 11) is 1.35. The van der Waals surface area contributed by atoms with Crippen LogP contribution in [0.4, 0.5) is 8.78 Å². The highest BCUT2D eigenvalue weighted by atomic mass is 19.1. The van der Waals surface area contributed by atoms with E-state index < -0.39 is 5.97 Å². The molecular weight excluding hydrogens is 436 g/mol. The maximum absolute atomic E-state index is 13.4. The molecule has 0 aliphatic carbocycles. The number of carbonyl (C=O) groups is 1. The number of methoxy groups -OCH3 is 1. The summed E-state index contributed by atoms with van der Waals surface area (Å²) in [6, 6.07) is 18.3. The molecule has 4 aromatic rings. The van der Waals surface area contributed by atoms with Crippen LogP contribution in [0.5, 0.6) is 0 Å². The molecule has 0 bridgehead atoms. The Labute approximate surface area is 196 Å². The molecular formula is C27H25F2N3O2. The Morgan fingerprint density at radius 2 is 1.68 bits per heavy atom. The van der Waals surface area contributed by atoms with Crippen molar-refractivity contribution in [3.05, 3.63) is 124 Å². The molecule has 0 aliphatic heterocycles. The van der Waals surface area contributed by atoms with Gasteiger partial charge in [-0.1, -0.05) is 36.4 Å². The van der Waals surface area contributed by atoms with E-state index in [1.807, 2.05) is 18.2 Å². The largest absolute Gasteiger partial charge is 0.465 e. The molecule has 0 saturated heterocycles. The lowest BCUT2D eigenvalue weighted by Gasteiger charge is -2.17. The van der Waals surface area contributed by atoms with E-state index in [0.717, 1.165) is 28.1 Å². The number of rotatable bonds is 9. The van der Waals surface area contributed by atoms with Crippen LogP contribution < -0.4 is 5.32 Å². The van der Waals surface area contributed by atoms with E-state index in [9.17, 15) is 13.6 Å². The number of aromatic amines is 1. The van der Waals surface area contributed by atoms with Gasteiger partial charge in [-0.2, -0.15) is 0 Å². The van der Waals surface area contributed by atoms with Crippen molar-refractivity contribution in [2.24, 2.45) is 0 Å². The zero-order chi connectivity index (χ0) is 23.9. The highest BCUT2D eigenvalue weighted by Gasteiger charge is 2.17. The molecule has 0 spiro atoms. The van der Waals surface area contributed by atoms with Crippen molar-refractivity contribution in [3.63, 3.8) is 0 Å². The quantitative estimate of drug-likeness (QED) is 0.345. The third-order valence-corrected chi connectivity index (χ3v) is 5.69.